The molecule has 0 aromatic heterocycles. The summed E-state index contributed by atoms with van der Waals surface area (Å²) in [5.74, 6) is 0.526. The lowest BCUT2D eigenvalue weighted by Crippen LogP contribution is -1.97. The molecule has 0 aliphatic rings. The summed E-state index contributed by atoms with van der Waals surface area (Å²) in [6.45, 7) is 9.88. The summed E-state index contributed by atoms with van der Waals surface area (Å²) in [7, 11) is 0. The summed E-state index contributed by atoms with van der Waals surface area (Å²) >= 11 is 0. The quantitative estimate of drug-likeness (QED) is 0.616. The van der Waals surface area contributed by atoms with E-state index in [2.05, 4.69) is 26.5 Å². The van der Waals surface area contributed by atoms with E-state index in [1.54, 1.807) is 6.08 Å². The van der Waals surface area contributed by atoms with Gasteiger partial charge in [0.05, 0.1) is 0 Å². The minimum absolute atomic E-state index is 0.526. The van der Waals surface area contributed by atoms with Gasteiger partial charge in [-0.05, 0) is 30.6 Å². The first-order chi connectivity index (χ1) is 5.11. The van der Waals surface area contributed by atoms with Crippen molar-refractivity contribution in [3.63, 3.8) is 0 Å². The zero-order valence-electron chi connectivity index (χ0n) is 7.59. The molecule has 62 valence electrons. The second kappa shape index (κ2) is 4.78. The number of hydrogen-bond donors (Lipinski definition) is 1. The Morgan fingerprint density at radius 3 is 2.27 bits per heavy atom. The maximum atomic E-state index is 5.59. The fourth-order valence-corrected chi connectivity index (χ4v) is 0.835. The van der Waals surface area contributed by atoms with Gasteiger partial charge in [0.1, 0.15) is 0 Å². The molecule has 0 aliphatic carbocycles. The van der Waals surface area contributed by atoms with Crippen LogP contribution in [0.15, 0.2) is 36.1 Å². The molecule has 0 aromatic rings. The highest BCUT2D eigenvalue weighted by Crippen LogP contribution is 2.11. The van der Waals surface area contributed by atoms with Crippen LogP contribution in [0.1, 0.15) is 20.8 Å². The number of allylic oxidation sites excluding steroid dienone is 4. The Labute approximate surface area is 69.3 Å². The van der Waals surface area contributed by atoms with Crippen LogP contribution in [-0.2, 0) is 0 Å². The average molecular weight is 151 g/mol. The summed E-state index contributed by atoms with van der Waals surface area (Å²) < 4.78 is 0. The van der Waals surface area contributed by atoms with Crippen molar-refractivity contribution in [3.05, 3.63) is 36.1 Å². The van der Waals surface area contributed by atoms with E-state index >= 15 is 0 Å². The zero-order chi connectivity index (χ0) is 8.85. The highest BCUT2D eigenvalue weighted by Gasteiger charge is 1.97. The molecule has 0 fully saturated rings. The lowest BCUT2D eigenvalue weighted by atomic mass is 10.0. The molecule has 11 heavy (non-hydrogen) atoms. The molecular formula is C10H17N. The van der Waals surface area contributed by atoms with Gasteiger partial charge in [-0.1, -0.05) is 26.5 Å². The summed E-state index contributed by atoms with van der Waals surface area (Å²) in [5.41, 5.74) is 7.57. The smallest absolute Gasteiger partial charge is 0.0310 e. The van der Waals surface area contributed by atoms with Crippen molar-refractivity contribution < 1.29 is 0 Å². The van der Waals surface area contributed by atoms with Crippen molar-refractivity contribution in [2.45, 2.75) is 20.8 Å². The van der Waals surface area contributed by atoms with Crippen LogP contribution in [0.25, 0.3) is 0 Å². The van der Waals surface area contributed by atoms with Gasteiger partial charge in [-0.2, -0.15) is 0 Å². The molecule has 0 amide bonds. The number of nitrogens with two attached hydrogens (primary N) is 1. The van der Waals surface area contributed by atoms with Gasteiger partial charge in [-0.25, -0.2) is 0 Å². The molecule has 1 heteroatoms. The number of hydrogen-bond acceptors (Lipinski definition) is 1. The predicted octanol–water partition coefficient (Wildman–Crippen LogP) is 2.62. The van der Waals surface area contributed by atoms with Crippen LogP contribution in [0.2, 0.25) is 0 Å². The third kappa shape index (κ3) is 3.66. The maximum Gasteiger partial charge on any atom is 0.0310 e. The van der Waals surface area contributed by atoms with Crippen LogP contribution in [0.4, 0.5) is 0 Å². The van der Waals surface area contributed by atoms with Crippen LogP contribution in [0.3, 0.4) is 0 Å². The van der Waals surface area contributed by atoms with Crippen molar-refractivity contribution in [1.29, 1.82) is 0 Å². The van der Waals surface area contributed by atoms with Crippen LogP contribution < -0.4 is 5.73 Å². The normalized spacial score (nSPS) is 13.8. The SMILES string of the molecule is C=C/C(N)=C\C(=C/C)C(C)C. The topological polar surface area (TPSA) is 26.0 Å². The Kier molecular flexibility index (Phi) is 4.35. The molecule has 0 bridgehead atoms. The Morgan fingerprint density at radius 2 is 2.00 bits per heavy atom. The highest BCUT2D eigenvalue weighted by atomic mass is 14.5. The predicted molar refractivity (Wildman–Crippen MR) is 51.1 cm³/mol. The summed E-state index contributed by atoms with van der Waals surface area (Å²) in [6.07, 6.45) is 5.69. The Bertz CT molecular complexity index is 185. The molecule has 1 nitrogen and oxygen atoms in total. The minimum Gasteiger partial charge on any atom is -0.399 e. The molecule has 0 spiro atoms. The van der Waals surface area contributed by atoms with E-state index in [-0.39, 0.29) is 0 Å². The minimum atomic E-state index is 0.526. The standard InChI is InChI=1S/C10H17N/c1-5-9(8(3)4)7-10(11)6-2/h5-8H,2,11H2,1,3-4H3/b9-5+,10-7+. The van der Waals surface area contributed by atoms with Crippen LogP contribution >= 0.6 is 0 Å². The molecule has 0 aromatic carbocycles. The van der Waals surface area contributed by atoms with E-state index in [1.807, 2.05) is 13.0 Å². The van der Waals surface area contributed by atoms with Crippen LogP contribution in [0, 0.1) is 5.92 Å². The second-order valence-corrected chi connectivity index (χ2v) is 2.79. The Morgan fingerprint density at radius 1 is 1.45 bits per heavy atom. The van der Waals surface area contributed by atoms with Crippen molar-refractivity contribution in [2.24, 2.45) is 11.7 Å². The zero-order valence-corrected chi connectivity index (χ0v) is 7.59. The van der Waals surface area contributed by atoms with Gasteiger partial charge in [-0.3, -0.25) is 0 Å². The summed E-state index contributed by atoms with van der Waals surface area (Å²) in [4.78, 5) is 0. The first-order valence-electron chi connectivity index (χ1n) is 3.87. The van der Waals surface area contributed by atoms with Crippen molar-refractivity contribution in [2.75, 3.05) is 0 Å². The maximum absolute atomic E-state index is 5.59. The molecule has 0 atom stereocenters. The molecule has 0 rings (SSSR count). The molecular weight excluding hydrogens is 134 g/mol. The third-order valence-electron chi connectivity index (χ3n) is 1.57. The first kappa shape index (κ1) is 10.0. The monoisotopic (exact) mass is 151 g/mol. The molecule has 2 N–H and O–H groups in total. The summed E-state index contributed by atoms with van der Waals surface area (Å²) in [5, 5.41) is 0. The van der Waals surface area contributed by atoms with Crippen molar-refractivity contribution in [3.8, 4) is 0 Å². The Balaban J connectivity index is 4.44. The van der Waals surface area contributed by atoms with Gasteiger partial charge < -0.3 is 5.73 Å². The van der Waals surface area contributed by atoms with Gasteiger partial charge in [0.15, 0.2) is 0 Å². The van der Waals surface area contributed by atoms with E-state index < -0.39 is 0 Å². The fraction of sp³-hybridized carbons (Fsp3) is 0.400. The fourth-order valence-electron chi connectivity index (χ4n) is 0.835. The highest BCUT2D eigenvalue weighted by molar-refractivity contribution is 5.27. The summed E-state index contributed by atoms with van der Waals surface area (Å²) in [6, 6.07) is 0. The third-order valence-corrected chi connectivity index (χ3v) is 1.57. The lowest BCUT2D eigenvalue weighted by Gasteiger charge is -2.05. The van der Waals surface area contributed by atoms with Gasteiger partial charge in [0, 0.05) is 5.70 Å². The van der Waals surface area contributed by atoms with E-state index in [0.29, 0.717) is 5.92 Å². The van der Waals surface area contributed by atoms with Gasteiger partial charge in [0.2, 0.25) is 0 Å². The largest absolute Gasteiger partial charge is 0.399 e. The average Bonchev–Trinajstić information content (AvgIpc) is 1.99. The van der Waals surface area contributed by atoms with Gasteiger partial charge in [0.25, 0.3) is 0 Å². The number of rotatable bonds is 3. The van der Waals surface area contributed by atoms with Crippen molar-refractivity contribution >= 4 is 0 Å². The van der Waals surface area contributed by atoms with E-state index in [1.165, 1.54) is 5.57 Å². The van der Waals surface area contributed by atoms with Gasteiger partial charge in [-0.15, -0.1) is 0 Å². The molecule has 0 radical (unpaired) electrons. The van der Waals surface area contributed by atoms with Crippen LogP contribution in [-0.4, -0.2) is 0 Å². The second-order valence-electron chi connectivity index (χ2n) is 2.79. The molecule has 0 saturated heterocycles. The first-order valence-corrected chi connectivity index (χ1v) is 3.87. The van der Waals surface area contributed by atoms with Crippen molar-refractivity contribution in [1.82, 2.24) is 0 Å². The molecule has 0 saturated carbocycles. The lowest BCUT2D eigenvalue weighted by molar-refractivity contribution is 0.788. The molecule has 0 heterocycles. The molecule has 0 aliphatic heterocycles. The van der Waals surface area contributed by atoms with E-state index in [9.17, 15) is 0 Å². The molecule has 0 unspecified atom stereocenters. The van der Waals surface area contributed by atoms with Gasteiger partial charge >= 0.3 is 0 Å². The van der Waals surface area contributed by atoms with E-state index in [4.69, 9.17) is 5.73 Å². The van der Waals surface area contributed by atoms with Crippen LogP contribution in [0.5, 0.6) is 0 Å². The van der Waals surface area contributed by atoms with E-state index in [0.717, 1.165) is 5.70 Å². The Hall–Kier alpha value is -0.980.